The van der Waals surface area contributed by atoms with Gasteiger partial charge in [-0.1, -0.05) is 19.1 Å². The normalized spacial score (nSPS) is 11.8. The largest absolute Gasteiger partial charge is 0.504 e. The first-order valence-electron chi connectivity index (χ1n) is 5.04. The highest BCUT2D eigenvalue weighted by atomic mass is 32.2. The van der Waals surface area contributed by atoms with Gasteiger partial charge in [0.2, 0.25) is 0 Å². The number of hydrogen-bond acceptors (Lipinski definition) is 4. The van der Waals surface area contributed by atoms with Crippen LogP contribution in [0.4, 0.5) is 0 Å². The minimum Gasteiger partial charge on any atom is -0.504 e. The van der Waals surface area contributed by atoms with Crippen molar-refractivity contribution in [2.45, 2.75) is 13.3 Å². The lowest BCUT2D eigenvalue weighted by atomic mass is 10.0. The molecule has 0 bridgehead atoms. The predicted molar refractivity (Wildman–Crippen MR) is 65.6 cm³/mol. The van der Waals surface area contributed by atoms with Gasteiger partial charge in [0.05, 0.1) is 7.11 Å². The Labute approximate surface area is 100 Å². The van der Waals surface area contributed by atoms with Gasteiger partial charge in [-0.2, -0.15) is 5.26 Å². The highest BCUT2D eigenvalue weighted by Gasteiger charge is 2.10. The first kappa shape index (κ1) is 12.7. The number of aromatic hydroxyl groups is 1. The van der Waals surface area contributed by atoms with E-state index < -0.39 is 0 Å². The molecule has 0 saturated carbocycles. The van der Waals surface area contributed by atoms with Crippen LogP contribution in [0.25, 0.3) is 0 Å². The second kappa shape index (κ2) is 6.29. The third kappa shape index (κ3) is 3.35. The van der Waals surface area contributed by atoms with Crippen LogP contribution in [-0.2, 0) is 6.42 Å². The molecular weight excluding hydrogens is 222 g/mol. The topological polar surface area (TPSA) is 53.2 Å². The SMILES string of the molecule is COc1cccc(CC(C)CSC#N)c1O. The van der Waals surface area contributed by atoms with E-state index in [9.17, 15) is 5.11 Å². The Balaban J connectivity index is 2.70. The van der Waals surface area contributed by atoms with Crippen molar-refractivity contribution in [3.63, 3.8) is 0 Å². The number of thiocyanates is 1. The molecule has 0 aliphatic rings. The molecule has 3 nitrogen and oxygen atoms in total. The molecule has 1 rings (SSSR count). The number of phenolic OH excluding ortho intramolecular Hbond substituents is 1. The molecule has 1 N–H and O–H groups in total. The van der Waals surface area contributed by atoms with Crippen LogP contribution in [-0.4, -0.2) is 18.0 Å². The molecule has 0 saturated heterocycles. The summed E-state index contributed by atoms with van der Waals surface area (Å²) in [4.78, 5) is 0. The summed E-state index contributed by atoms with van der Waals surface area (Å²) >= 11 is 1.24. The summed E-state index contributed by atoms with van der Waals surface area (Å²) in [5, 5.41) is 20.4. The van der Waals surface area contributed by atoms with Crippen LogP contribution in [0.2, 0.25) is 0 Å². The standard InChI is InChI=1S/C12H15NO2S/c1-9(7-16-8-13)6-10-4-3-5-11(15-2)12(10)14/h3-5,9,14H,6-7H2,1-2H3. The van der Waals surface area contributed by atoms with Crippen molar-refractivity contribution >= 4 is 11.8 Å². The Morgan fingerprint density at radius 1 is 1.56 bits per heavy atom. The number of hydrogen-bond donors (Lipinski definition) is 1. The molecule has 0 heterocycles. The van der Waals surface area contributed by atoms with E-state index in [0.29, 0.717) is 11.7 Å². The third-order valence-electron chi connectivity index (χ3n) is 2.30. The molecule has 1 atom stereocenters. The van der Waals surface area contributed by atoms with Crippen molar-refractivity contribution < 1.29 is 9.84 Å². The van der Waals surface area contributed by atoms with Gasteiger partial charge in [0.15, 0.2) is 11.5 Å². The molecule has 0 aliphatic heterocycles. The zero-order valence-electron chi connectivity index (χ0n) is 9.43. The number of benzene rings is 1. The van der Waals surface area contributed by atoms with Gasteiger partial charge >= 0.3 is 0 Å². The number of nitriles is 1. The number of phenols is 1. The van der Waals surface area contributed by atoms with Crippen molar-refractivity contribution in [3.05, 3.63) is 23.8 Å². The molecular formula is C12H15NO2S. The van der Waals surface area contributed by atoms with Gasteiger partial charge in [0, 0.05) is 5.75 Å². The second-order valence-electron chi connectivity index (χ2n) is 3.68. The van der Waals surface area contributed by atoms with Crippen molar-refractivity contribution in [3.8, 4) is 16.9 Å². The maximum absolute atomic E-state index is 9.87. The highest BCUT2D eigenvalue weighted by Crippen LogP contribution is 2.31. The van der Waals surface area contributed by atoms with E-state index in [-0.39, 0.29) is 5.75 Å². The molecule has 0 amide bonds. The molecule has 0 fully saturated rings. The van der Waals surface area contributed by atoms with Crippen LogP contribution in [0, 0.1) is 16.6 Å². The van der Waals surface area contributed by atoms with Gasteiger partial charge in [-0.3, -0.25) is 0 Å². The molecule has 0 aromatic heterocycles. The third-order valence-corrected chi connectivity index (χ3v) is 3.17. The second-order valence-corrected chi connectivity index (χ2v) is 4.48. The average molecular weight is 237 g/mol. The minimum absolute atomic E-state index is 0.207. The van der Waals surface area contributed by atoms with E-state index in [4.69, 9.17) is 10.00 Å². The zero-order chi connectivity index (χ0) is 12.0. The quantitative estimate of drug-likeness (QED) is 0.800. The maximum Gasteiger partial charge on any atom is 0.160 e. The minimum atomic E-state index is 0.207. The van der Waals surface area contributed by atoms with Gasteiger partial charge in [-0.25, -0.2) is 0 Å². The highest BCUT2D eigenvalue weighted by molar-refractivity contribution is 8.03. The summed E-state index contributed by atoms with van der Waals surface area (Å²) in [6, 6.07) is 5.47. The summed E-state index contributed by atoms with van der Waals surface area (Å²) in [7, 11) is 1.54. The fourth-order valence-corrected chi connectivity index (χ4v) is 1.99. The van der Waals surface area contributed by atoms with E-state index >= 15 is 0 Å². The first-order valence-corrected chi connectivity index (χ1v) is 6.03. The predicted octanol–water partition coefficient (Wildman–Crippen LogP) is 2.79. The van der Waals surface area contributed by atoms with Crippen molar-refractivity contribution in [1.82, 2.24) is 0 Å². The van der Waals surface area contributed by atoms with Gasteiger partial charge in [-0.05, 0) is 35.7 Å². The summed E-state index contributed by atoms with van der Waals surface area (Å²) in [5.41, 5.74) is 0.866. The molecule has 1 aromatic rings. The molecule has 4 heteroatoms. The number of nitrogens with zero attached hydrogens (tertiary/aromatic N) is 1. The van der Waals surface area contributed by atoms with Crippen molar-refractivity contribution in [2.24, 2.45) is 5.92 Å². The molecule has 1 aromatic carbocycles. The van der Waals surface area contributed by atoms with Crippen LogP contribution >= 0.6 is 11.8 Å². The summed E-state index contributed by atoms with van der Waals surface area (Å²) in [6.07, 6.45) is 0.748. The summed E-state index contributed by atoms with van der Waals surface area (Å²) in [6.45, 7) is 2.06. The number of methoxy groups -OCH3 is 1. The summed E-state index contributed by atoms with van der Waals surface area (Å²) < 4.78 is 5.04. The van der Waals surface area contributed by atoms with E-state index in [1.54, 1.807) is 6.07 Å². The smallest absolute Gasteiger partial charge is 0.160 e. The first-order chi connectivity index (χ1) is 7.69. The van der Waals surface area contributed by atoms with Gasteiger partial charge in [0.25, 0.3) is 0 Å². The molecule has 16 heavy (non-hydrogen) atoms. The van der Waals surface area contributed by atoms with E-state index in [2.05, 4.69) is 12.3 Å². The molecule has 0 spiro atoms. The Hall–Kier alpha value is -1.34. The Bertz CT molecular complexity index is 387. The zero-order valence-corrected chi connectivity index (χ0v) is 10.3. The van der Waals surface area contributed by atoms with E-state index in [0.717, 1.165) is 17.7 Å². The van der Waals surface area contributed by atoms with E-state index in [1.165, 1.54) is 18.9 Å². The van der Waals surface area contributed by atoms with E-state index in [1.807, 2.05) is 12.1 Å². The Kier molecular flexibility index (Phi) is 5.00. The molecule has 86 valence electrons. The number of thioether (sulfide) groups is 1. The fourth-order valence-electron chi connectivity index (χ4n) is 1.51. The Morgan fingerprint density at radius 2 is 2.31 bits per heavy atom. The number of para-hydroxylation sites is 1. The van der Waals surface area contributed by atoms with Gasteiger partial charge in [0.1, 0.15) is 5.40 Å². The van der Waals surface area contributed by atoms with Crippen LogP contribution in [0.1, 0.15) is 12.5 Å². The van der Waals surface area contributed by atoms with Crippen LogP contribution in [0.3, 0.4) is 0 Å². The maximum atomic E-state index is 9.87. The summed E-state index contributed by atoms with van der Waals surface area (Å²) in [5.74, 6) is 1.83. The fraction of sp³-hybridized carbons (Fsp3) is 0.417. The van der Waals surface area contributed by atoms with Gasteiger partial charge < -0.3 is 9.84 Å². The number of ether oxygens (including phenoxy) is 1. The lowest BCUT2D eigenvalue weighted by molar-refractivity contribution is 0.369. The lowest BCUT2D eigenvalue weighted by Gasteiger charge is -2.12. The lowest BCUT2D eigenvalue weighted by Crippen LogP contribution is -2.03. The Morgan fingerprint density at radius 3 is 2.94 bits per heavy atom. The molecule has 0 radical (unpaired) electrons. The number of rotatable bonds is 5. The monoisotopic (exact) mass is 237 g/mol. The van der Waals surface area contributed by atoms with Crippen molar-refractivity contribution in [1.29, 1.82) is 5.26 Å². The average Bonchev–Trinajstić information content (AvgIpc) is 2.29. The molecule has 1 unspecified atom stereocenters. The molecule has 0 aliphatic carbocycles. The van der Waals surface area contributed by atoms with Crippen LogP contribution in [0.15, 0.2) is 18.2 Å². The van der Waals surface area contributed by atoms with Crippen LogP contribution in [0.5, 0.6) is 11.5 Å². The van der Waals surface area contributed by atoms with Gasteiger partial charge in [-0.15, -0.1) is 0 Å². The van der Waals surface area contributed by atoms with Crippen LogP contribution < -0.4 is 4.74 Å². The van der Waals surface area contributed by atoms with Crippen molar-refractivity contribution in [2.75, 3.05) is 12.9 Å².